The van der Waals surface area contributed by atoms with Crippen LogP contribution in [-0.4, -0.2) is 30.6 Å². The van der Waals surface area contributed by atoms with E-state index < -0.39 is 6.10 Å². The maximum absolute atomic E-state index is 9.97. The monoisotopic (exact) mass is 428 g/mol. The third kappa shape index (κ3) is 3.68. The number of hydrogen-bond acceptors (Lipinski definition) is 6. The van der Waals surface area contributed by atoms with Crippen molar-refractivity contribution in [3.05, 3.63) is 65.7 Å². The average Bonchev–Trinajstić information content (AvgIpc) is 3.36. The SMILES string of the molecule is Cc1c(-c2cc(Sc3ccccc3C#N)c3c(C#N)cnn3c2)cnn1[C@H](C)[C@H](C)O. The van der Waals surface area contributed by atoms with Gasteiger partial charge in [0.05, 0.1) is 41.2 Å². The molecule has 0 spiro atoms. The average molecular weight is 429 g/mol. The first-order chi connectivity index (χ1) is 14.9. The minimum atomic E-state index is -0.535. The van der Waals surface area contributed by atoms with Crippen molar-refractivity contribution < 1.29 is 5.11 Å². The molecule has 7 nitrogen and oxygen atoms in total. The molecular weight excluding hydrogens is 408 g/mol. The van der Waals surface area contributed by atoms with Crippen LogP contribution >= 0.6 is 11.8 Å². The van der Waals surface area contributed by atoms with Crippen LogP contribution < -0.4 is 0 Å². The number of benzene rings is 1. The summed E-state index contributed by atoms with van der Waals surface area (Å²) < 4.78 is 3.51. The molecule has 0 saturated carbocycles. The Bertz CT molecular complexity index is 1350. The molecule has 4 rings (SSSR count). The van der Waals surface area contributed by atoms with Crippen molar-refractivity contribution in [2.45, 2.75) is 42.7 Å². The predicted molar refractivity (Wildman–Crippen MR) is 118 cm³/mol. The van der Waals surface area contributed by atoms with Crippen LogP contribution in [0.4, 0.5) is 0 Å². The summed E-state index contributed by atoms with van der Waals surface area (Å²) in [5, 5.41) is 37.9. The fourth-order valence-electron chi connectivity index (χ4n) is 3.48. The van der Waals surface area contributed by atoms with Crippen LogP contribution in [0.5, 0.6) is 0 Å². The van der Waals surface area contributed by atoms with Gasteiger partial charge in [-0.25, -0.2) is 4.52 Å². The minimum Gasteiger partial charge on any atom is -0.391 e. The lowest BCUT2D eigenvalue weighted by atomic mass is 10.1. The number of aromatic nitrogens is 4. The molecule has 8 heteroatoms. The third-order valence-electron chi connectivity index (χ3n) is 5.36. The van der Waals surface area contributed by atoms with Gasteiger partial charge in [0.2, 0.25) is 0 Å². The molecule has 3 heterocycles. The molecule has 0 amide bonds. The molecule has 0 unspecified atom stereocenters. The molecule has 0 fully saturated rings. The van der Waals surface area contributed by atoms with Gasteiger partial charge in [0.15, 0.2) is 0 Å². The summed E-state index contributed by atoms with van der Waals surface area (Å²) in [7, 11) is 0. The van der Waals surface area contributed by atoms with Crippen LogP contribution in [0.25, 0.3) is 16.6 Å². The molecule has 154 valence electrons. The zero-order chi connectivity index (χ0) is 22.1. The highest BCUT2D eigenvalue weighted by atomic mass is 32.2. The summed E-state index contributed by atoms with van der Waals surface area (Å²) in [4.78, 5) is 1.63. The van der Waals surface area contributed by atoms with E-state index in [1.807, 2.05) is 49.0 Å². The van der Waals surface area contributed by atoms with Gasteiger partial charge in [-0.1, -0.05) is 23.9 Å². The standard InChI is InChI=1S/C23H20N6OS/c1-14(16(3)30)29-15(2)20(12-27-29)18-8-22(23-19(10-25)11-26-28(23)13-18)31-21-7-5-4-6-17(21)9-24/h4-8,11-14,16,30H,1-3H3/t14-,16+/m1/s1. The zero-order valence-electron chi connectivity index (χ0n) is 17.3. The summed E-state index contributed by atoms with van der Waals surface area (Å²) in [5.74, 6) is 0. The topological polar surface area (TPSA) is 103 Å². The maximum atomic E-state index is 9.97. The van der Waals surface area contributed by atoms with Gasteiger partial charge >= 0.3 is 0 Å². The van der Waals surface area contributed by atoms with E-state index in [9.17, 15) is 15.6 Å². The first-order valence-electron chi connectivity index (χ1n) is 9.75. The van der Waals surface area contributed by atoms with Gasteiger partial charge in [-0.05, 0) is 39.0 Å². The Kier molecular flexibility index (Phi) is 5.51. The highest BCUT2D eigenvalue weighted by Crippen LogP contribution is 2.37. The van der Waals surface area contributed by atoms with Crippen LogP contribution in [0, 0.1) is 29.6 Å². The number of rotatable bonds is 5. The Morgan fingerprint density at radius 3 is 2.48 bits per heavy atom. The fourth-order valence-corrected chi connectivity index (χ4v) is 4.57. The molecule has 0 radical (unpaired) electrons. The van der Waals surface area contributed by atoms with E-state index in [1.54, 1.807) is 29.9 Å². The van der Waals surface area contributed by atoms with Gasteiger partial charge < -0.3 is 5.11 Å². The van der Waals surface area contributed by atoms with Crippen molar-refractivity contribution >= 4 is 17.3 Å². The molecule has 0 aliphatic carbocycles. The van der Waals surface area contributed by atoms with E-state index in [0.717, 1.165) is 26.6 Å². The molecule has 4 aromatic rings. The summed E-state index contributed by atoms with van der Waals surface area (Å²) in [6.45, 7) is 5.63. The zero-order valence-corrected chi connectivity index (χ0v) is 18.1. The molecule has 3 aromatic heterocycles. The largest absolute Gasteiger partial charge is 0.391 e. The Labute approximate surface area is 184 Å². The van der Waals surface area contributed by atoms with E-state index in [1.165, 1.54) is 11.8 Å². The summed E-state index contributed by atoms with van der Waals surface area (Å²) in [6.07, 6.45) is 4.66. The molecule has 2 atom stereocenters. The van der Waals surface area contributed by atoms with Gasteiger partial charge in [-0.2, -0.15) is 20.7 Å². The number of nitrogens with zero attached hydrogens (tertiary/aromatic N) is 6. The minimum absolute atomic E-state index is 0.163. The second-order valence-electron chi connectivity index (χ2n) is 7.34. The maximum Gasteiger partial charge on any atom is 0.103 e. The third-order valence-corrected chi connectivity index (χ3v) is 6.47. The number of fused-ring (bicyclic) bond motifs is 1. The van der Waals surface area contributed by atoms with Crippen LogP contribution in [0.2, 0.25) is 0 Å². The molecule has 0 aliphatic rings. The fraction of sp³-hybridized carbons (Fsp3) is 0.217. The lowest BCUT2D eigenvalue weighted by Gasteiger charge is -2.17. The second kappa shape index (κ2) is 8.27. The smallest absolute Gasteiger partial charge is 0.103 e. The van der Waals surface area contributed by atoms with Crippen molar-refractivity contribution in [1.29, 1.82) is 10.5 Å². The van der Waals surface area contributed by atoms with Gasteiger partial charge in [0.1, 0.15) is 12.1 Å². The Balaban J connectivity index is 1.88. The molecule has 31 heavy (non-hydrogen) atoms. The highest BCUT2D eigenvalue weighted by Gasteiger charge is 2.20. The van der Waals surface area contributed by atoms with Gasteiger partial charge in [-0.15, -0.1) is 0 Å². The van der Waals surface area contributed by atoms with Crippen LogP contribution in [-0.2, 0) is 0 Å². The Morgan fingerprint density at radius 1 is 1.03 bits per heavy atom. The quantitative estimate of drug-likeness (QED) is 0.507. The first kappa shape index (κ1) is 20.7. The van der Waals surface area contributed by atoms with Gasteiger partial charge in [0, 0.05) is 32.8 Å². The number of nitriles is 2. The number of pyridine rings is 1. The molecule has 0 aliphatic heterocycles. The second-order valence-corrected chi connectivity index (χ2v) is 8.42. The van der Waals surface area contributed by atoms with E-state index in [-0.39, 0.29) is 6.04 Å². The Hall–Kier alpha value is -3.59. The van der Waals surface area contributed by atoms with Crippen molar-refractivity contribution in [2.75, 3.05) is 0 Å². The number of hydrogen-bond donors (Lipinski definition) is 1. The predicted octanol–water partition coefficient (Wildman–Crippen LogP) is 4.34. The normalized spacial score (nSPS) is 13.0. The molecule has 1 aromatic carbocycles. The van der Waals surface area contributed by atoms with E-state index in [4.69, 9.17) is 0 Å². The van der Waals surface area contributed by atoms with E-state index in [0.29, 0.717) is 16.6 Å². The molecule has 0 bridgehead atoms. The molecule has 0 saturated heterocycles. The van der Waals surface area contributed by atoms with E-state index >= 15 is 0 Å². The van der Waals surface area contributed by atoms with Crippen molar-refractivity contribution in [3.8, 4) is 23.3 Å². The first-order valence-corrected chi connectivity index (χ1v) is 10.6. The molecule has 1 N–H and O–H groups in total. The van der Waals surface area contributed by atoms with Gasteiger partial charge in [-0.3, -0.25) is 4.68 Å². The van der Waals surface area contributed by atoms with Gasteiger partial charge in [0.25, 0.3) is 0 Å². The van der Waals surface area contributed by atoms with Crippen LogP contribution in [0.3, 0.4) is 0 Å². The van der Waals surface area contributed by atoms with E-state index in [2.05, 4.69) is 22.3 Å². The number of aliphatic hydroxyl groups is 1. The van der Waals surface area contributed by atoms with Crippen LogP contribution in [0.15, 0.2) is 58.7 Å². The summed E-state index contributed by atoms with van der Waals surface area (Å²) >= 11 is 1.43. The Morgan fingerprint density at radius 2 is 1.77 bits per heavy atom. The van der Waals surface area contributed by atoms with Crippen molar-refractivity contribution in [2.24, 2.45) is 0 Å². The summed E-state index contributed by atoms with van der Waals surface area (Å²) in [6, 6.07) is 13.6. The lowest BCUT2D eigenvalue weighted by molar-refractivity contribution is 0.131. The summed E-state index contributed by atoms with van der Waals surface area (Å²) in [5.41, 5.74) is 4.47. The van der Waals surface area contributed by atoms with Crippen molar-refractivity contribution in [3.63, 3.8) is 0 Å². The van der Waals surface area contributed by atoms with Crippen molar-refractivity contribution in [1.82, 2.24) is 19.4 Å². The molecular formula is C23H20N6OS. The van der Waals surface area contributed by atoms with Crippen LogP contribution in [0.1, 0.15) is 36.7 Å². The highest BCUT2D eigenvalue weighted by molar-refractivity contribution is 7.99. The lowest BCUT2D eigenvalue weighted by Crippen LogP contribution is -2.20. The number of aliphatic hydroxyl groups excluding tert-OH is 1.